The number of nitrogens with one attached hydrogen (secondary N) is 1. The predicted molar refractivity (Wildman–Crippen MR) is 286 cm³/mol. The molecule has 0 fully saturated rings. The highest BCUT2D eigenvalue weighted by Crippen LogP contribution is 2.51. The van der Waals surface area contributed by atoms with Crippen LogP contribution in [-0.2, 0) is 10.8 Å². The SMILES string of the molecule is Cc1ccc(Nc2cc3oc4cc5c(cc4c3cc2-c2cc(C(c3ccccc3)c3ccccc3)c3c4c6ccccc6ccc4n4c3c2Bc2cc(C)ccc2-4)C(C)(C)CCC5(C)C)cc1. The van der Waals surface area contributed by atoms with Crippen LogP contribution in [-0.4, -0.2) is 11.8 Å². The lowest BCUT2D eigenvalue weighted by atomic mass is 9.58. The van der Waals surface area contributed by atoms with E-state index in [1.807, 2.05) is 0 Å². The number of hydrogen-bond acceptors (Lipinski definition) is 2. The van der Waals surface area contributed by atoms with Crippen molar-refractivity contribution in [2.24, 2.45) is 0 Å². The van der Waals surface area contributed by atoms with Gasteiger partial charge in [-0.2, -0.15) is 0 Å². The van der Waals surface area contributed by atoms with Crippen LogP contribution in [0.4, 0.5) is 11.4 Å². The van der Waals surface area contributed by atoms with Gasteiger partial charge in [0.05, 0.1) is 11.2 Å². The molecule has 0 bridgehead atoms. The van der Waals surface area contributed by atoms with Gasteiger partial charge in [-0.05, 0) is 136 Å². The van der Waals surface area contributed by atoms with Crippen molar-refractivity contribution in [3.63, 3.8) is 0 Å². The second kappa shape index (κ2) is 14.6. The van der Waals surface area contributed by atoms with Gasteiger partial charge in [0.15, 0.2) is 7.28 Å². The lowest BCUT2D eigenvalue weighted by molar-refractivity contribution is 0.332. The van der Waals surface area contributed by atoms with Gasteiger partial charge in [-0.25, -0.2) is 0 Å². The molecule has 0 unspecified atom stereocenters. The van der Waals surface area contributed by atoms with Crippen molar-refractivity contribution in [1.29, 1.82) is 0 Å². The summed E-state index contributed by atoms with van der Waals surface area (Å²) in [5, 5.41) is 11.5. The van der Waals surface area contributed by atoms with Gasteiger partial charge in [0.1, 0.15) is 11.2 Å². The van der Waals surface area contributed by atoms with Crippen molar-refractivity contribution in [3.8, 4) is 16.8 Å². The van der Waals surface area contributed by atoms with Gasteiger partial charge < -0.3 is 14.3 Å². The molecular formula is C63H53BN2O. The van der Waals surface area contributed by atoms with E-state index in [-0.39, 0.29) is 16.7 Å². The molecule has 3 heterocycles. The van der Waals surface area contributed by atoms with Crippen molar-refractivity contribution in [1.82, 2.24) is 4.57 Å². The zero-order valence-corrected chi connectivity index (χ0v) is 39.2. The van der Waals surface area contributed by atoms with Crippen molar-refractivity contribution in [3.05, 3.63) is 209 Å². The first-order valence-corrected chi connectivity index (χ1v) is 24.1. The molecule has 0 saturated heterocycles. The highest BCUT2D eigenvalue weighted by molar-refractivity contribution is 6.73. The van der Waals surface area contributed by atoms with Gasteiger partial charge in [-0.1, -0.05) is 160 Å². The summed E-state index contributed by atoms with van der Waals surface area (Å²) in [6.07, 6.45) is 2.31. The van der Waals surface area contributed by atoms with Crippen LogP contribution in [0, 0.1) is 13.8 Å². The van der Waals surface area contributed by atoms with E-state index in [9.17, 15) is 0 Å². The minimum atomic E-state index is -0.0447. The van der Waals surface area contributed by atoms with Crippen LogP contribution >= 0.6 is 0 Å². The molecule has 2 aromatic heterocycles. The Morgan fingerprint density at radius 3 is 1.94 bits per heavy atom. The number of furan rings is 1. The van der Waals surface area contributed by atoms with Gasteiger partial charge in [0.2, 0.25) is 0 Å². The van der Waals surface area contributed by atoms with E-state index in [4.69, 9.17) is 4.42 Å². The molecule has 67 heavy (non-hydrogen) atoms. The fraction of sp³-hybridized carbons (Fsp3) is 0.175. The van der Waals surface area contributed by atoms with E-state index in [0.717, 1.165) is 48.0 Å². The average Bonchev–Trinajstić information content (AvgIpc) is 3.88. The summed E-state index contributed by atoms with van der Waals surface area (Å²) in [5.41, 5.74) is 22.2. The Hall–Kier alpha value is -7.30. The third-order valence-electron chi connectivity index (χ3n) is 15.7. The Labute approximate surface area is 393 Å². The number of aryl methyl sites for hydroxylation is 2. The summed E-state index contributed by atoms with van der Waals surface area (Å²) in [6, 6.07) is 64.0. The molecule has 0 radical (unpaired) electrons. The van der Waals surface area contributed by atoms with Crippen LogP contribution in [0.5, 0.6) is 0 Å². The number of rotatable bonds is 6. The van der Waals surface area contributed by atoms with Gasteiger partial charge in [-0.3, -0.25) is 0 Å². The second-order valence-corrected chi connectivity index (χ2v) is 20.9. The summed E-state index contributed by atoms with van der Waals surface area (Å²) < 4.78 is 9.61. The Morgan fingerprint density at radius 2 is 1.21 bits per heavy atom. The average molecular weight is 865 g/mol. The van der Waals surface area contributed by atoms with Crippen LogP contribution in [0.25, 0.3) is 71.3 Å². The Kier molecular flexibility index (Phi) is 8.72. The molecule has 1 aliphatic carbocycles. The highest BCUT2D eigenvalue weighted by Gasteiger charge is 2.38. The first-order chi connectivity index (χ1) is 32.5. The quantitative estimate of drug-likeness (QED) is 0.133. The molecule has 13 rings (SSSR count). The van der Waals surface area contributed by atoms with Crippen LogP contribution in [0.3, 0.4) is 0 Å². The highest BCUT2D eigenvalue weighted by atomic mass is 16.3. The van der Waals surface area contributed by atoms with E-state index in [0.29, 0.717) is 0 Å². The normalized spacial score (nSPS) is 14.8. The summed E-state index contributed by atoms with van der Waals surface area (Å²) in [6.45, 7) is 14.0. The second-order valence-electron chi connectivity index (χ2n) is 20.9. The van der Waals surface area contributed by atoms with E-state index >= 15 is 0 Å². The third-order valence-corrected chi connectivity index (χ3v) is 15.7. The summed E-state index contributed by atoms with van der Waals surface area (Å²) in [7, 11) is 0.809. The van der Waals surface area contributed by atoms with Crippen LogP contribution in [0.15, 0.2) is 174 Å². The fourth-order valence-corrected chi connectivity index (χ4v) is 12.1. The Morgan fingerprint density at radius 1 is 0.567 bits per heavy atom. The molecule has 324 valence electrons. The van der Waals surface area contributed by atoms with Gasteiger partial charge in [-0.15, -0.1) is 0 Å². The smallest absolute Gasteiger partial charge is 0.198 e. The van der Waals surface area contributed by atoms with Gasteiger partial charge >= 0.3 is 0 Å². The fourth-order valence-electron chi connectivity index (χ4n) is 12.1. The van der Waals surface area contributed by atoms with Crippen molar-refractivity contribution in [2.75, 3.05) is 5.32 Å². The maximum absolute atomic E-state index is 7.00. The molecule has 11 aromatic rings. The monoisotopic (exact) mass is 864 g/mol. The molecule has 9 aromatic carbocycles. The minimum Gasteiger partial charge on any atom is -0.456 e. The number of nitrogens with zero attached hydrogens (tertiary/aromatic N) is 1. The first kappa shape index (κ1) is 40.0. The Balaban J connectivity index is 1.21. The van der Waals surface area contributed by atoms with Crippen LogP contribution < -0.4 is 16.2 Å². The van der Waals surface area contributed by atoms with Gasteiger partial charge in [0.25, 0.3) is 0 Å². The van der Waals surface area contributed by atoms with Crippen molar-refractivity contribution in [2.45, 2.75) is 71.1 Å². The lowest BCUT2D eigenvalue weighted by Gasteiger charge is -2.41. The Bertz CT molecular complexity index is 3780. The summed E-state index contributed by atoms with van der Waals surface area (Å²) >= 11 is 0. The molecule has 0 atom stereocenters. The zero-order chi connectivity index (χ0) is 45.3. The number of benzene rings is 9. The molecule has 1 aliphatic heterocycles. The number of hydrogen-bond donors (Lipinski definition) is 1. The number of fused-ring (bicyclic) bond motifs is 11. The van der Waals surface area contributed by atoms with Crippen LogP contribution in [0.2, 0.25) is 0 Å². The topological polar surface area (TPSA) is 30.1 Å². The van der Waals surface area contributed by atoms with Crippen LogP contribution in [0.1, 0.15) is 85.4 Å². The molecule has 2 aliphatic rings. The van der Waals surface area contributed by atoms with Crippen molar-refractivity contribution >= 4 is 84.1 Å². The molecule has 4 heteroatoms. The number of anilines is 2. The largest absolute Gasteiger partial charge is 0.456 e. The zero-order valence-electron chi connectivity index (χ0n) is 39.2. The minimum absolute atomic E-state index is 0.0447. The first-order valence-electron chi connectivity index (χ1n) is 24.1. The molecule has 0 saturated carbocycles. The van der Waals surface area contributed by atoms with Gasteiger partial charge in [0, 0.05) is 56.0 Å². The molecular weight excluding hydrogens is 812 g/mol. The number of aromatic nitrogens is 1. The molecule has 0 amide bonds. The van der Waals surface area contributed by atoms with E-state index < -0.39 is 0 Å². The summed E-state index contributed by atoms with van der Waals surface area (Å²) in [5.74, 6) is -0.0447. The maximum atomic E-state index is 7.00. The molecule has 3 nitrogen and oxygen atoms in total. The maximum Gasteiger partial charge on any atom is 0.198 e. The lowest BCUT2D eigenvalue weighted by Crippen LogP contribution is -2.37. The summed E-state index contributed by atoms with van der Waals surface area (Å²) in [4.78, 5) is 0. The standard InChI is InChI=1S/C63H53BN2O/c1-37-21-25-42(26-22-37)65-52-36-56-45(46-34-49-50(35-55(46)67-56)63(5,6)30-29-62(49,3)4)32-44(52)47-33-48(57(40-16-9-7-10-17-40)41-18-11-8-12-19-41)59-58-43-20-14-13-15-39(43)24-28-54(58)66-53-27-23-38(2)31-51(53)64-60(47)61(59)66/h7-28,31-36,57,64-65H,29-30H2,1-6H3. The third kappa shape index (κ3) is 6.18. The van der Waals surface area contributed by atoms with E-state index in [1.165, 1.54) is 105 Å². The van der Waals surface area contributed by atoms with E-state index in [1.54, 1.807) is 0 Å². The van der Waals surface area contributed by atoms with Crippen molar-refractivity contribution < 1.29 is 4.42 Å². The predicted octanol–water partition coefficient (Wildman–Crippen LogP) is 15.1. The molecule has 0 spiro atoms. The van der Waals surface area contributed by atoms with E-state index in [2.05, 4.69) is 221 Å². The molecule has 1 N–H and O–H groups in total.